The molecule has 9 heteroatoms. The summed E-state index contributed by atoms with van der Waals surface area (Å²) >= 11 is 0. The highest BCUT2D eigenvalue weighted by Gasteiger charge is 2.15. The number of rotatable bonds is 8. The van der Waals surface area contributed by atoms with Gasteiger partial charge in [-0.3, -0.25) is 4.98 Å². The van der Waals surface area contributed by atoms with Gasteiger partial charge in [0.05, 0.1) is 11.9 Å². The van der Waals surface area contributed by atoms with E-state index in [2.05, 4.69) is 25.6 Å². The summed E-state index contributed by atoms with van der Waals surface area (Å²) in [5.74, 6) is 0.481. The Morgan fingerprint density at radius 1 is 1.11 bits per heavy atom. The summed E-state index contributed by atoms with van der Waals surface area (Å²) < 4.78 is 15.6. The van der Waals surface area contributed by atoms with E-state index in [1.165, 1.54) is 0 Å². The molecule has 2 N–H and O–H groups in total. The van der Waals surface area contributed by atoms with Crippen LogP contribution in [0, 0.1) is 0 Å². The first-order valence-corrected chi connectivity index (χ1v) is 8.88. The largest absolute Gasteiger partial charge is 0.444 e. The highest BCUT2D eigenvalue weighted by atomic mass is 16.7. The molecule has 9 nitrogen and oxygen atoms in total. The fraction of sp³-hybridized carbons (Fsp3) is 0.474. The van der Waals surface area contributed by atoms with Crippen molar-refractivity contribution in [3.63, 3.8) is 0 Å². The molecule has 0 aliphatic rings. The maximum Gasteiger partial charge on any atom is 0.407 e. The predicted octanol–water partition coefficient (Wildman–Crippen LogP) is 2.77. The van der Waals surface area contributed by atoms with Gasteiger partial charge in [-0.05, 0) is 39.0 Å². The second-order valence-corrected chi connectivity index (χ2v) is 6.90. The predicted molar refractivity (Wildman–Crippen MR) is 105 cm³/mol. The Bertz CT molecular complexity index is 758. The normalized spacial score (nSPS) is 11.4. The second kappa shape index (κ2) is 9.95. The second-order valence-electron chi connectivity index (χ2n) is 6.90. The van der Waals surface area contributed by atoms with Crippen molar-refractivity contribution in [3.8, 4) is 11.5 Å². The van der Waals surface area contributed by atoms with Crippen LogP contribution in [0.2, 0.25) is 0 Å². The molecule has 0 aliphatic heterocycles. The molecule has 2 aromatic heterocycles. The van der Waals surface area contributed by atoms with Crippen LogP contribution in [0.15, 0.2) is 30.6 Å². The fourth-order valence-electron chi connectivity index (χ4n) is 2.28. The van der Waals surface area contributed by atoms with Gasteiger partial charge in [0.2, 0.25) is 6.29 Å². The van der Waals surface area contributed by atoms with Crippen LogP contribution < -0.4 is 10.6 Å². The van der Waals surface area contributed by atoms with Gasteiger partial charge in [0, 0.05) is 33.5 Å². The van der Waals surface area contributed by atoms with E-state index in [-0.39, 0.29) is 0 Å². The van der Waals surface area contributed by atoms with E-state index in [9.17, 15) is 4.79 Å². The van der Waals surface area contributed by atoms with Crippen LogP contribution in [0.4, 0.5) is 10.5 Å². The minimum absolute atomic E-state index is 0.428. The molecule has 28 heavy (non-hydrogen) atoms. The average Bonchev–Trinajstić information content (AvgIpc) is 2.66. The molecule has 0 saturated carbocycles. The van der Waals surface area contributed by atoms with Crippen LogP contribution >= 0.6 is 0 Å². The van der Waals surface area contributed by atoms with Crippen molar-refractivity contribution < 1.29 is 19.0 Å². The number of nitrogens with one attached hydrogen (secondary N) is 2. The van der Waals surface area contributed by atoms with Gasteiger partial charge in [-0.15, -0.1) is 0 Å². The lowest BCUT2D eigenvalue weighted by atomic mass is 10.2. The molecule has 0 saturated heterocycles. The fourth-order valence-corrected chi connectivity index (χ4v) is 2.28. The van der Waals surface area contributed by atoms with Gasteiger partial charge in [0.25, 0.3) is 0 Å². The number of aromatic nitrogens is 3. The van der Waals surface area contributed by atoms with Crippen LogP contribution in [0.3, 0.4) is 0 Å². The summed E-state index contributed by atoms with van der Waals surface area (Å²) in [6.45, 7) is 6.43. The smallest absolute Gasteiger partial charge is 0.407 e. The molecule has 0 unspecified atom stereocenters. The van der Waals surface area contributed by atoms with E-state index in [0.29, 0.717) is 30.3 Å². The third-order valence-corrected chi connectivity index (χ3v) is 3.46. The molecule has 0 fully saturated rings. The zero-order valence-electron chi connectivity index (χ0n) is 16.9. The maximum atomic E-state index is 11.6. The van der Waals surface area contributed by atoms with E-state index in [1.54, 1.807) is 32.7 Å². The van der Waals surface area contributed by atoms with Gasteiger partial charge < -0.3 is 24.8 Å². The maximum absolute atomic E-state index is 11.6. The highest BCUT2D eigenvalue weighted by Crippen LogP contribution is 2.19. The first-order valence-electron chi connectivity index (χ1n) is 8.88. The Morgan fingerprint density at radius 2 is 1.86 bits per heavy atom. The lowest BCUT2D eigenvalue weighted by Crippen LogP contribution is -2.34. The average molecular weight is 389 g/mol. The number of hydrogen-bond donors (Lipinski definition) is 2. The number of ether oxygens (including phenoxy) is 3. The van der Waals surface area contributed by atoms with Crippen molar-refractivity contribution in [1.82, 2.24) is 20.3 Å². The van der Waals surface area contributed by atoms with Gasteiger partial charge in [0.15, 0.2) is 5.82 Å². The van der Waals surface area contributed by atoms with Crippen LogP contribution in [0.1, 0.15) is 32.8 Å². The molecule has 152 valence electrons. The zero-order valence-corrected chi connectivity index (χ0v) is 16.9. The van der Waals surface area contributed by atoms with E-state index in [1.807, 2.05) is 32.9 Å². The van der Waals surface area contributed by atoms with Gasteiger partial charge in [-0.2, -0.15) is 0 Å². The highest BCUT2D eigenvalue weighted by molar-refractivity contribution is 5.67. The molecule has 0 radical (unpaired) electrons. The summed E-state index contributed by atoms with van der Waals surface area (Å²) in [4.78, 5) is 24.6. The molecule has 0 spiro atoms. The Hall–Kier alpha value is -2.78. The Kier molecular flexibility index (Phi) is 7.65. The molecule has 2 rings (SSSR count). The number of hydrogen-bond acceptors (Lipinski definition) is 8. The van der Waals surface area contributed by atoms with Crippen molar-refractivity contribution >= 4 is 11.8 Å². The van der Waals surface area contributed by atoms with E-state index >= 15 is 0 Å². The van der Waals surface area contributed by atoms with Crippen molar-refractivity contribution in [2.24, 2.45) is 0 Å². The molecular formula is C19H27N5O4. The lowest BCUT2D eigenvalue weighted by molar-refractivity contribution is -0.108. The van der Waals surface area contributed by atoms with Gasteiger partial charge >= 0.3 is 6.09 Å². The summed E-state index contributed by atoms with van der Waals surface area (Å²) in [7, 11) is 3.10. The summed E-state index contributed by atoms with van der Waals surface area (Å²) in [5, 5.41) is 5.86. The van der Waals surface area contributed by atoms with Crippen molar-refractivity contribution in [2.45, 2.75) is 32.7 Å². The minimum atomic E-state index is -0.555. The first kappa shape index (κ1) is 21.5. The van der Waals surface area contributed by atoms with Crippen LogP contribution in [-0.2, 0) is 14.2 Å². The quantitative estimate of drug-likeness (QED) is 0.524. The van der Waals surface area contributed by atoms with Crippen LogP contribution in [0.25, 0.3) is 11.5 Å². The standard InChI is InChI=1S/C19H27N5O4/c1-19(2,3)28-18(25)22-11-10-20-13-6-7-14(23-12-13)16-21-9-8-15(24-16)17(26-4)27-5/h6-9,12,17,20H,10-11H2,1-5H3,(H,22,25). The summed E-state index contributed by atoms with van der Waals surface area (Å²) in [6.07, 6.45) is 2.33. The SMILES string of the molecule is COC(OC)c1ccnc(-c2ccc(NCCNC(=O)OC(C)(C)C)cn2)n1. The first-order chi connectivity index (χ1) is 13.3. The van der Waals surface area contributed by atoms with E-state index in [4.69, 9.17) is 14.2 Å². The number of pyridine rings is 1. The molecule has 2 aromatic rings. The molecule has 0 aromatic carbocycles. The third-order valence-electron chi connectivity index (χ3n) is 3.46. The number of alkyl carbamates (subject to hydrolysis) is 1. The number of methoxy groups -OCH3 is 2. The lowest BCUT2D eigenvalue weighted by Gasteiger charge is -2.19. The van der Waals surface area contributed by atoms with Crippen molar-refractivity contribution in [1.29, 1.82) is 0 Å². The zero-order chi connectivity index (χ0) is 20.6. The number of nitrogens with zero attached hydrogens (tertiary/aromatic N) is 3. The van der Waals surface area contributed by atoms with Crippen LogP contribution in [0.5, 0.6) is 0 Å². The Labute approximate surface area is 164 Å². The number of amides is 1. The van der Waals surface area contributed by atoms with Gasteiger partial charge in [0.1, 0.15) is 17.0 Å². The van der Waals surface area contributed by atoms with Crippen molar-refractivity contribution in [2.75, 3.05) is 32.6 Å². The number of anilines is 1. The minimum Gasteiger partial charge on any atom is -0.444 e. The Balaban J connectivity index is 1.88. The van der Waals surface area contributed by atoms with E-state index in [0.717, 1.165) is 5.69 Å². The topological polar surface area (TPSA) is 107 Å². The Morgan fingerprint density at radius 3 is 2.46 bits per heavy atom. The summed E-state index contributed by atoms with van der Waals surface area (Å²) in [5.41, 5.74) is 1.55. The summed E-state index contributed by atoms with van der Waals surface area (Å²) in [6, 6.07) is 5.42. The molecular weight excluding hydrogens is 362 g/mol. The molecule has 1 amide bonds. The molecule has 0 bridgehead atoms. The monoisotopic (exact) mass is 389 g/mol. The van der Waals surface area contributed by atoms with Crippen molar-refractivity contribution in [3.05, 3.63) is 36.3 Å². The van der Waals surface area contributed by atoms with E-state index < -0.39 is 18.0 Å². The molecule has 0 atom stereocenters. The molecule has 0 aliphatic carbocycles. The van der Waals surface area contributed by atoms with Gasteiger partial charge in [-0.25, -0.2) is 14.8 Å². The number of carbonyl (C=O) groups excluding carboxylic acids is 1. The number of carbonyl (C=O) groups is 1. The van der Waals surface area contributed by atoms with Gasteiger partial charge in [-0.1, -0.05) is 0 Å². The molecule has 2 heterocycles. The third kappa shape index (κ3) is 6.75. The van der Waals surface area contributed by atoms with Crippen LogP contribution in [-0.4, -0.2) is 54.0 Å².